The predicted molar refractivity (Wildman–Crippen MR) is 300 cm³/mol. The number of aliphatic hydroxyl groups is 8. The maximum Gasteiger partial charge on any atom is 0.220 e. The number of carbonyl (C=O) groups is 1. The standard InChI is InChI=1S/C61H113NO13/c1-3-5-7-9-11-13-15-17-19-21-23-24-25-26-27-29-31-33-35-37-39-41-43-45-53(66)62-49(50(65)44-42-40-38-36-34-32-30-28-22-20-18-16-14-12-10-8-6-4-2)48-72-60-58(71)56(69)59(52(47-64)74-60)75-61-57(70)55(68)54(67)51(46-63)73-61/h15,17,21,23,42,44,49-52,54-61,63-65,67-71H,3-14,16,18-20,22,24-41,43,45-48H2,1-2H3,(H,62,66)/b17-15-,23-21-,44-42+. The molecule has 14 nitrogen and oxygen atoms in total. The van der Waals surface area contributed by atoms with Crippen LogP contribution in [0.25, 0.3) is 0 Å². The van der Waals surface area contributed by atoms with E-state index in [0.717, 1.165) is 44.9 Å². The maximum absolute atomic E-state index is 13.3. The molecule has 0 aromatic rings. The van der Waals surface area contributed by atoms with Gasteiger partial charge in [-0.05, 0) is 51.4 Å². The molecule has 2 aliphatic rings. The number of hydrogen-bond acceptors (Lipinski definition) is 13. The average Bonchev–Trinajstić information content (AvgIpc) is 3.41. The van der Waals surface area contributed by atoms with Gasteiger partial charge in [0.2, 0.25) is 5.91 Å². The van der Waals surface area contributed by atoms with Crippen LogP contribution in [-0.2, 0) is 23.7 Å². The number of allylic oxidation sites excluding steroid dienone is 5. The van der Waals surface area contributed by atoms with Gasteiger partial charge in [-0.1, -0.05) is 230 Å². The van der Waals surface area contributed by atoms with E-state index in [1.54, 1.807) is 6.08 Å². The van der Waals surface area contributed by atoms with Crippen LogP contribution in [-0.4, -0.2) is 140 Å². The fraction of sp³-hybridized carbons (Fsp3) is 0.885. The molecule has 14 heteroatoms. The van der Waals surface area contributed by atoms with Crippen molar-refractivity contribution in [1.29, 1.82) is 0 Å². The zero-order valence-electron chi connectivity index (χ0n) is 47.3. The molecule has 0 saturated carbocycles. The summed E-state index contributed by atoms with van der Waals surface area (Å²) >= 11 is 0. The summed E-state index contributed by atoms with van der Waals surface area (Å²) in [5.41, 5.74) is 0. The molecule has 9 N–H and O–H groups in total. The van der Waals surface area contributed by atoms with Crippen LogP contribution in [0.15, 0.2) is 36.5 Å². The van der Waals surface area contributed by atoms with E-state index in [1.165, 1.54) is 180 Å². The van der Waals surface area contributed by atoms with E-state index >= 15 is 0 Å². The molecule has 12 atom stereocenters. The molecule has 2 heterocycles. The van der Waals surface area contributed by atoms with E-state index < -0.39 is 86.8 Å². The number of hydrogen-bond donors (Lipinski definition) is 9. The molecule has 2 fully saturated rings. The SMILES string of the molecule is CCCCCCC/C=C\C/C=C\CCCCCCCCCCCCCC(=O)NC(COC1OC(CO)C(OC2OC(CO)C(O)C(O)C2O)C(O)C1O)C(O)/C=C/CCCCCCCCCCCCCCCCCC. The smallest absolute Gasteiger partial charge is 0.220 e. The predicted octanol–water partition coefficient (Wildman–Crippen LogP) is 10.6. The number of nitrogens with one attached hydrogen (secondary N) is 1. The number of unbranched alkanes of at least 4 members (excludes halogenated alkanes) is 32. The van der Waals surface area contributed by atoms with Gasteiger partial charge in [0.1, 0.15) is 48.8 Å². The Bertz CT molecular complexity index is 1400. The maximum atomic E-state index is 13.3. The van der Waals surface area contributed by atoms with Gasteiger partial charge in [0.05, 0.1) is 32.0 Å². The van der Waals surface area contributed by atoms with E-state index in [-0.39, 0.29) is 18.9 Å². The lowest BCUT2D eigenvalue weighted by molar-refractivity contribution is -0.359. The molecular formula is C61H113NO13. The Labute approximate surface area is 455 Å². The number of carbonyl (C=O) groups excluding carboxylic acids is 1. The fourth-order valence-electron chi connectivity index (χ4n) is 10.1. The van der Waals surface area contributed by atoms with Crippen LogP contribution >= 0.6 is 0 Å². The second-order valence-electron chi connectivity index (χ2n) is 21.8. The van der Waals surface area contributed by atoms with Crippen molar-refractivity contribution in [2.75, 3.05) is 19.8 Å². The number of ether oxygens (including phenoxy) is 4. The summed E-state index contributed by atoms with van der Waals surface area (Å²) in [6, 6.07) is -0.915. The van der Waals surface area contributed by atoms with Gasteiger partial charge < -0.3 is 65.1 Å². The molecule has 1 amide bonds. The van der Waals surface area contributed by atoms with Gasteiger partial charge in [-0.3, -0.25) is 4.79 Å². The van der Waals surface area contributed by atoms with Crippen molar-refractivity contribution in [1.82, 2.24) is 5.32 Å². The van der Waals surface area contributed by atoms with Crippen molar-refractivity contribution in [3.05, 3.63) is 36.5 Å². The van der Waals surface area contributed by atoms with Gasteiger partial charge in [0.15, 0.2) is 12.6 Å². The molecule has 2 aliphatic heterocycles. The van der Waals surface area contributed by atoms with Crippen LogP contribution < -0.4 is 5.32 Å². The minimum absolute atomic E-state index is 0.240. The number of rotatable bonds is 49. The largest absolute Gasteiger partial charge is 0.394 e. The Morgan fingerprint density at radius 2 is 0.880 bits per heavy atom. The third kappa shape index (κ3) is 32.8. The Balaban J connectivity index is 1.75. The first-order valence-electron chi connectivity index (χ1n) is 30.7. The summed E-state index contributed by atoms with van der Waals surface area (Å²) in [5.74, 6) is -0.240. The highest BCUT2D eigenvalue weighted by Gasteiger charge is 2.51. The first kappa shape index (κ1) is 69.3. The van der Waals surface area contributed by atoms with Crippen LogP contribution in [0.3, 0.4) is 0 Å². The Morgan fingerprint density at radius 1 is 0.480 bits per heavy atom. The number of aliphatic hydroxyl groups excluding tert-OH is 8. The highest BCUT2D eigenvalue weighted by Crippen LogP contribution is 2.30. The summed E-state index contributed by atoms with van der Waals surface area (Å²) in [7, 11) is 0. The molecule has 2 saturated heterocycles. The molecule has 0 radical (unpaired) electrons. The summed E-state index contributed by atoms with van der Waals surface area (Å²) in [4.78, 5) is 13.3. The normalized spacial score (nSPS) is 25.3. The molecule has 0 aromatic carbocycles. The molecule has 0 aromatic heterocycles. The lowest BCUT2D eigenvalue weighted by Crippen LogP contribution is -2.65. The van der Waals surface area contributed by atoms with Crippen LogP contribution in [0.2, 0.25) is 0 Å². The summed E-state index contributed by atoms with van der Waals surface area (Å²) in [6.45, 7) is 2.81. The fourth-order valence-corrected chi connectivity index (χ4v) is 10.1. The Morgan fingerprint density at radius 3 is 1.33 bits per heavy atom. The van der Waals surface area contributed by atoms with E-state index in [9.17, 15) is 45.6 Å². The van der Waals surface area contributed by atoms with Crippen LogP contribution in [0, 0.1) is 0 Å². The zero-order valence-corrected chi connectivity index (χ0v) is 47.3. The minimum Gasteiger partial charge on any atom is -0.394 e. The van der Waals surface area contributed by atoms with Crippen molar-refractivity contribution in [3.63, 3.8) is 0 Å². The third-order valence-electron chi connectivity index (χ3n) is 15.1. The zero-order chi connectivity index (χ0) is 54.6. The summed E-state index contributed by atoms with van der Waals surface area (Å²) in [5, 5.41) is 87.1. The number of amides is 1. The van der Waals surface area contributed by atoms with Gasteiger partial charge >= 0.3 is 0 Å². The molecule has 0 aliphatic carbocycles. The highest BCUT2D eigenvalue weighted by molar-refractivity contribution is 5.76. The molecule has 0 spiro atoms. The second-order valence-corrected chi connectivity index (χ2v) is 21.8. The third-order valence-corrected chi connectivity index (χ3v) is 15.1. The van der Waals surface area contributed by atoms with E-state index in [1.807, 2.05) is 6.08 Å². The molecule has 75 heavy (non-hydrogen) atoms. The van der Waals surface area contributed by atoms with Crippen LogP contribution in [0.5, 0.6) is 0 Å². The first-order chi connectivity index (χ1) is 36.6. The van der Waals surface area contributed by atoms with Crippen LogP contribution in [0.4, 0.5) is 0 Å². The molecule has 12 unspecified atom stereocenters. The van der Waals surface area contributed by atoms with Gasteiger partial charge in [-0.25, -0.2) is 0 Å². The molecule has 440 valence electrons. The van der Waals surface area contributed by atoms with E-state index in [2.05, 4.69) is 43.5 Å². The highest BCUT2D eigenvalue weighted by atomic mass is 16.7. The monoisotopic (exact) mass is 1070 g/mol. The average molecular weight is 1070 g/mol. The van der Waals surface area contributed by atoms with Gasteiger partial charge in [0.25, 0.3) is 0 Å². The van der Waals surface area contributed by atoms with Crippen molar-refractivity contribution < 1.29 is 64.6 Å². The summed E-state index contributed by atoms with van der Waals surface area (Å²) in [6.07, 6.45) is 40.3. The first-order valence-corrected chi connectivity index (χ1v) is 30.7. The van der Waals surface area contributed by atoms with Gasteiger partial charge in [-0.15, -0.1) is 0 Å². The van der Waals surface area contributed by atoms with Crippen molar-refractivity contribution in [2.45, 2.75) is 325 Å². The summed E-state index contributed by atoms with van der Waals surface area (Å²) < 4.78 is 22.8. The van der Waals surface area contributed by atoms with Crippen molar-refractivity contribution in [3.8, 4) is 0 Å². The minimum atomic E-state index is -1.79. The van der Waals surface area contributed by atoms with Crippen LogP contribution in [0.1, 0.15) is 251 Å². The topological polar surface area (TPSA) is 228 Å². The molecule has 2 rings (SSSR count). The Kier molecular flexibility index (Phi) is 43.5. The van der Waals surface area contributed by atoms with Gasteiger partial charge in [-0.2, -0.15) is 0 Å². The second kappa shape index (κ2) is 47.1. The lowest BCUT2D eigenvalue weighted by Gasteiger charge is -2.46. The lowest BCUT2D eigenvalue weighted by atomic mass is 9.97. The molecule has 0 bridgehead atoms. The Hall–Kier alpha value is -1.79. The molecular weight excluding hydrogens is 955 g/mol. The van der Waals surface area contributed by atoms with Crippen molar-refractivity contribution >= 4 is 5.91 Å². The van der Waals surface area contributed by atoms with E-state index in [4.69, 9.17) is 18.9 Å². The van der Waals surface area contributed by atoms with Gasteiger partial charge in [0, 0.05) is 6.42 Å². The quantitative estimate of drug-likeness (QED) is 0.0204. The van der Waals surface area contributed by atoms with E-state index in [0.29, 0.717) is 6.42 Å². The van der Waals surface area contributed by atoms with Crippen molar-refractivity contribution in [2.24, 2.45) is 0 Å².